The Hall–Kier alpha value is -1.32. The van der Waals surface area contributed by atoms with Gasteiger partial charge in [0.05, 0.1) is 27.1 Å². The molecule has 3 aliphatic rings. The molecule has 0 aromatic heterocycles. The van der Waals surface area contributed by atoms with Gasteiger partial charge in [-0.15, -0.1) is 0 Å². The van der Waals surface area contributed by atoms with E-state index >= 15 is 0 Å². The molecule has 108 valence electrons. The molecule has 4 atom stereocenters. The van der Waals surface area contributed by atoms with E-state index in [1.54, 1.807) is 18.2 Å². The minimum absolute atomic E-state index is 0.145. The first-order chi connectivity index (χ1) is 9.96. The zero-order valence-corrected chi connectivity index (χ0v) is 12.9. The van der Waals surface area contributed by atoms with Crippen molar-refractivity contribution in [3.63, 3.8) is 0 Å². The molecule has 0 unspecified atom stereocenters. The molecule has 5 heteroatoms. The number of anilines is 1. The summed E-state index contributed by atoms with van der Waals surface area (Å²) in [5.74, 6) is -0.261. The third kappa shape index (κ3) is 1.46. The quantitative estimate of drug-likeness (QED) is 0.584. The summed E-state index contributed by atoms with van der Waals surface area (Å²) >= 11 is 12.2. The van der Waals surface area contributed by atoms with Gasteiger partial charge in [0, 0.05) is 0 Å². The van der Waals surface area contributed by atoms with Crippen molar-refractivity contribution in [3.8, 4) is 0 Å². The van der Waals surface area contributed by atoms with E-state index in [0.717, 1.165) is 6.42 Å². The Morgan fingerprint density at radius 3 is 2.71 bits per heavy atom. The number of carbonyl (C=O) groups is 2. The van der Waals surface area contributed by atoms with Gasteiger partial charge in [-0.1, -0.05) is 41.4 Å². The molecule has 4 rings (SSSR count). The highest BCUT2D eigenvalue weighted by Crippen LogP contribution is 2.61. The highest BCUT2D eigenvalue weighted by atomic mass is 35.5. The first-order valence-corrected chi connectivity index (χ1v) is 7.72. The molecular formula is C16H13Cl2NO2. The standard InChI is InChI=1S/C16H13Cl2NO2/c1-16-9-6-5-8(7-9)12(16)14(20)19(15(16)21)11-4-2-3-10(17)13(11)18/h2-6,8-9,12H,7H2,1H3/t8-,9+,12+,16+/m0/s1. The molecule has 1 aliphatic heterocycles. The van der Waals surface area contributed by atoms with E-state index in [9.17, 15) is 9.59 Å². The van der Waals surface area contributed by atoms with Crippen LogP contribution in [-0.2, 0) is 9.59 Å². The predicted octanol–water partition coefficient (Wildman–Crippen LogP) is 3.70. The van der Waals surface area contributed by atoms with Gasteiger partial charge >= 0.3 is 0 Å². The second kappa shape index (κ2) is 4.11. The molecule has 21 heavy (non-hydrogen) atoms. The lowest BCUT2D eigenvalue weighted by Crippen LogP contribution is -2.37. The number of hydrogen-bond donors (Lipinski definition) is 0. The molecule has 3 nitrogen and oxygen atoms in total. The van der Waals surface area contributed by atoms with Gasteiger partial charge in [0.25, 0.3) is 0 Å². The minimum atomic E-state index is -0.637. The van der Waals surface area contributed by atoms with Crippen LogP contribution in [0.2, 0.25) is 10.0 Å². The smallest absolute Gasteiger partial charge is 0.241 e. The zero-order valence-electron chi connectivity index (χ0n) is 11.3. The van der Waals surface area contributed by atoms with Crippen molar-refractivity contribution in [2.75, 3.05) is 4.90 Å². The van der Waals surface area contributed by atoms with Crippen molar-refractivity contribution in [1.82, 2.24) is 0 Å². The Balaban J connectivity index is 1.85. The van der Waals surface area contributed by atoms with Gasteiger partial charge in [0.1, 0.15) is 0 Å². The van der Waals surface area contributed by atoms with Gasteiger partial charge in [-0.2, -0.15) is 0 Å². The summed E-state index contributed by atoms with van der Waals surface area (Å²) in [5, 5.41) is 0.600. The number of carbonyl (C=O) groups excluding carboxylic acids is 2. The van der Waals surface area contributed by atoms with Gasteiger partial charge in [-0.25, -0.2) is 4.90 Å². The molecule has 1 saturated carbocycles. The van der Waals surface area contributed by atoms with Gasteiger partial charge in [0.2, 0.25) is 11.8 Å². The van der Waals surface area contributed by atoms with Crippen LogP contribution in [0.4, 0.5) is 5.69 Å². The van der Waals surface area contributed by atoms with Crippen LogP contribution in [0.5, 0.6) is 0 Å². The monoisotopic (exact) mass is 321 g/mol. The summed E-state index contributed by atoms with van der Waals surface area (Å²) in [6, 6.07) is 5.02. The fourth-order valence-corrected chi connectivity index (χ4v) is 4.58. The topological polar surface area (TPSA) is 37.4 Å². The van der Waals surface area contributed by atoms with E-state index in [0.29, 0.717) is 10.7 Å². The Morgan fingerprint density at radius 1 is 1.24 bits per heavy atom. The third-order valence-electron chi connectivity index (χ3n) is 5.28. The van der Waals surface area contributed by atoms with Crippen LogP contribution < -0.4 is 4.90 Å². The summed E-state index contributed by atoms with van der Waals surface area (Å²) in [4.78, 5) is 27.0. The van der Waals surface area contributed by atoms with E-state index in [1.165, 1.54) is 4.90 Å². The van der Waals surface area contributed by atoms with Crippen molar-refractivity contribution in [1.29, 1.82) is 0 Å². The van der Waals surface area contributed by atoms with Crippen molar-refractivity contribution in [3.05, 3.63) is 40.4 Å². The average molecular weight is 322 g/mol. The molecule has 1 aromatic carbocycles. The number of rotatable bonds is 1. The van der Waals surface area contributed by atoms with Crippen LogP contribution in [0, 0.1) is 23.2 Å². The molecular weight excluding hydrogens is 309 g/mol. The van der Waals surface area contributed by atoms with Gasteiger partial charge < -0.3 is 0 Å². The van der Waals surface area contributed by atoms with E-state index < -0.39 is 5.41 Å². The fourth-order valence-electron chi connectivity index (χ4n) is 4.20. The Bertz CT molecular complexity index is 714. The number of halogens is 2. The van der Waals surface area contributed by atoms with Gasteiger partial charge in [0.15, 0.2) is 0 Å². The molecule has 2 aliphatic carbocycles. The lowest BCUT2D eigenvalue weighted by atomic mass is 9.71. The average Bonchev–Trinajstić information content (AvgIpc) is 3.07. The van der Waals surface area contributed by atoms with E-state index in [1.807, 2.05) is 6.92 Å². The van der Waals surface area contributed by atoms with E-state index in [2.05, 4.69) is 12.2 Å². The van der Waals surface area contributed by atoms with E-state index in [-0.39, 0.29) is 34.6 Å². The summed E-state index contributed by atoms with van der Waals surface area (Å²) < 4.78 is 0. The Labute approximate surface area is 132 Å². The van der Waals surface area contributed by atoms with Gasteiger partial charge in [-0.05, 0) is 37.3 Å². The number of amides is 2. The minimum Gasteiger partial charge on any atom is -0.274 e. The highest BCUT2D eigenvalue weighted by molar-refractivity contribution is 6.45. The molecule has 0 radical (unpaired) electrons. The SMILES string of the molecule is C[C@]12C(=O)N(c3cccc(Cl)c3Cl)C(=O)[C@H]1[C@H]1C=C[C@@H]2C1. The maximum Gasteiger partial charge on any atom is 0.241 e. The number of benzene rings is 1. The van der Waals surface area contributed by atoms with Crippen LogP contribution in [-0.4, -0.2) is 11.8 Å². The second-order valence-corrected chi connectivity index (χ2v) is 6.99. The van der Waals surface area contributed by atoms with Crippen LogP contribution >= 0.6 is 23.2 Å². The number of nitrogens with zero attached hydrogens (tertiary/aromatic N) is 1. The number of hydrogen-bond acceptors (Lipinski definition) is 2. The first-order valence-electron chi connectivity index (χ1n) is 6.97. The van der Waals surface area contributed by atoms with Crippen LogP contribution in [0.15, 0.2) is 30.4 Å². The van der Waals surface area contributed by atoms with Crippen molar-refractivity contribution in [2.24, 2.45) is 23.2 Å². The molecule has 2 amide bonds. The lowest BCUT2D eigenvalue weighted by molar-refractivity contribution is -0.127. The summed E-state index contributed by atoms with van der Waals surface area (Å²) in [5.41, 5.74) is -0.239. The number of allylic oxidation sites excluding steroid dienone is 2. The summed E-state index contributed by atoms with van der Waals surface area (Å²) in [6.07, 6.45) is 5.05. The Morgan fingerprint density at radius 2 is 2.00 bits per heavy atom. The van der Waals surface area contributed by atoms with E-state index in [4.69, 9.17) is 23.2 Å². The number of imide groups is 1. The molecule has 1 aromatic rings. The second-order valence-electron chi connectivity index (χ2n) is 6.20. The van der Waals surface area contributed by atoms with Crippen molar-refractivity contribution >= 4 is 40.7 Å². The molecule has 0 spiro atoms. The molecule has 1 saturated heterocycles. The van der Waals surface area contributed by atoms with Crippen molar-refractivity contribution < 1.29 is 9.59 Å². The highest BCUT2D eigenvalue weighted by Gasteiger charge is 2.67. The third-order valence-corrected chi connectivity index (χ3v) is 6.09. The maximum absolute atomic E-state index is 12.9. The van der Waals surface area contributed by atoms with Crippen molar-refractivity contribution in [2.45, 2.75) is 13.3 Å². The number of fused-ring (bicyclic) bond motifs is 5. The normalized spacial score (nSPS) is 36.7. The van der Waals surface area contributed by atoms with Crippen LogP contribution in [0.25, 0.3) is 0 Å². The first kappa shape index (κ1) is 13.4. The maximum atomic E-state index is 12.9. The fraction of sp³-hybridized carbons (Fsp3) is 0.375. The summed E-state index contributed by atoms with van der Waals surface area (Å²) in [7, 11) is 0. The Kier molecular flexibility index (Phi) is 2.61. The molecule has 1 heterocycles. The predicted molar refractivity (Wildman–Crippen MR) is 81.3 cm³/mol. The summed E-state index contributed by atoms with van der Waals surface area (Å²) in [6.45, 7) is 1.91. The molecule has 2 bridgehead atoms. The molecule has 2 fully saturated rings. The van der Waals surface area contributed by atoms with Crippen LogP contribution in [0.1, 0.15) is 13.3 Å². The zero-order chi connectivity index (χ0) is 14.9. The van der Waals surface area contributed by atoms with Crippen LogP contribution in [0.3, 0.4) is 0 Å². The molecule has 0 N–H and O–H groups in total. The van der Waals surface area contributed by atoms with Gasteiger partial charge in [-0.3, -0.25) is 9.59 Å². The largest absolute Gasteiger partial charge is 0.274 e. The lowest BCUT2D eigenvalue weighted by Gasteiger charge is -2.28.